The quantitative estimate of drug-likeness (QED) is 0.875. The number of benzene rings is 1. The number of nitrogens with zero attached hydrogens (tertiary/aromatic N) is 4. The maximum absolute atomic E-state index is 5.93. The summed E-state index contributed by atoms with van der Waals surface area (Å²) in [6, 6.07) is 5.87. The average molecular weight is 247 g/mol. The first-order chi connectivity index (χ1) is 8.56. The van der Waals surface area contributed by atoms with Gasteiger partial charge < -0.3 is 10.5 Å². The summed E-state index contributed by atoms with van der Waals surface area (Å²) >= 11 is 0. The van der Waals surface area contributed by atoms with Crippen LogP contribution in [0.5, 0.6) is 5.75 Å². The Morgan fingerprint density at radius 2 is 2.22 bits per heavy atom. The molecule has 0 aliphatic rings. The van der Waals surface area contributed by atoms with E-state index < -0.39 is 0 Å². The minimum Gasteiger partial charge on any atom is -0.485 e. The van der Waals surface area contributed by atoms with Crippen molar-refractivity contribution in [3.63, 3.8) is 0 Å². The van der Waals surface area contributed by atoms with Gasteiger partial charge in [0.1, 0.15) is 5.75 Å². The van der Waals surface area contributed by atoms with E-state index in [0.29, 0.717) is 5.82 Å². The molecule has 0 fully saturated rings. The lowest BCUT2D eigenvalue weighted by Gasteiger charge is -2.13. The topological polar surface area (TPSA) is 78.9 Å². The molecule has 0 spiro atoms. The van der Waals surface area contributed by atoms with Gasteiger partial charge in [-0.3, -0.25) is 0 Å². The van der Waals surface area contributed by atoms with Crippen LogP contribution in [-0.2, 0) is 13.7 Å². The average Bonchev–Trinajstić information content (AvgIpc) is 2.73. The van der Waals surface area contributed by atoms with Crippen molar-refractivity contribution in [2.45, 2.75) is 26.5 Å². The van der Waals surface area contributed by atoms with Gasteiger partial charge >= 0.3 is 0 Å². The Bertz CT molecular complexity index is 535. The number of rotatable bonds is 4. The number of tetrazole rings is 1. The van der Waals surface area contributed by atoms with Crippen LogP contribution in [0.3, 0.4) is 0 Å². The molecule has 0 unspecified atom stereocenters. The van der Waals surface area contributed by atoms with Crippen molar-refractivity contribution >= 4 is 0 Å². The predicted octanol–water partition coefficient (Wildman–Crippen LogP) is 1.12. The molecular formula is C12H17N5O. The van der Waals surface area contributed by atoms with Gasteiger partial charge in [0.25, 0.3) is 0 Å². The molecule has 2 aromatic rings. The van der Waals surface area contributed by atoms with E-state index in [-0.39, 0.29) is 12.6 Å². The van der Waals surface area contributed by atoms with Crippen molar-refractivity contribution < 1.29 is 4.74 Å². The summed E-state index contributed by atoms with van der Waals surface area (Å²) in [6.07, 6.45) is 0. The molecule has 0 saturated carbocycles. The number of hydrogen-bond donors (Lipinski definition) is 1. The van der Waals surface area contributed by atoms with E-state index in [1.807, 2.05) is 32.0 Å². The number of hydrogen-bond acceptors (Lipinski definition) is 5. The van der Waals surface area contributed by atoms with Crippen LogP contribution in [-0.4, -0.2) is 20.2 Å². The third-order valence-corrected chi connectivity index (χ3v) is 2.56. The molecule has 96 valence electrons. The van der Waals surface area contributed by atoms with Crippen molar-refractivity contribution in [3.8, 4) is 5.75 Å². The van der Waals surface area contributed by atoms with E-state index in [4.69, 9.17) is 10.5 Å². The maximum Gasteiger partial charge on any atom is 0.212 e. The molecule has 6 heteroatoms. The summed E-state index contributed by atoms with van der Waals surface area (Å²) in [5.74, 6) is 1.32. The van der Waals surface area contributed by atoms with E-state index >= 15 is 0 Å². The summed E-state index contributed by atoms with van der Waals surface area (Å²) < 4.78 is 5.69. The lowest BCUT2D eigenvalue weighted by Crippen LogP contribution is -2.09. The molecule has 2 N–H and O–H groups in total. The summed E-state index contributed by atoms with van der Waals surface area (Å²) in [5, 5.41) is 11.7. The highest BCUT2D eigenvalue weighted by atomic mass is 16.5. The molecule has 0 saturated heterocycles. The van der Waals surface area contributed by atoms with E-state index in [1.54, 1.807) is 7.05 Å². The molecule has 0 bridgehead atoms. The van der Waals surface area contributed by atoms with E-state index in [0.717, 1.165) is 16.9 Å². The van der Waals surface area contributed by atoms with Crippen LogP contribution in [0.15, 0.2) is 18.2 Å². The fraction of sp³-hybridized carbons (Fsp3) is 0.417. The fourth-order valence-electron chi connectivity index (χ4n) is 1.68. The zero-order valence-corrected chi connectivity index (χ0v) is 10.8. The largest absolute Gasteiger partial charge is 0.485 e. The van der Waals surface area contributed by atoms with Gasteiger partial charge in [-0.2, -0.15) is 4.80 Å². The summed E-state index contributed by atoms with van der Waals surface area (Å²) in [6.45, 7) is 4.25. The van der Waals surface area contributed by atoms with Crippen molar-refractivity contribution in [1.29, 1.82) is 0 Å². The van der Waals surface area contributed by atoms with Gasteiger partial charge in [-0.05, 0) is 25.1 Å². The van der Waals surface area contributed by atoms with Crippen molar-refractivity contribution in [3.05, 3.63) is 35.2 Å². The lowest BCUT2D eigenvalue weighted by molar-refractivity contribution is 0.291. The number of aromatic nitrogens is 4. The molecule has 1 heterocycles. The normalized spacial score (nSPS) is 12.4. The van der Waals surface area contributed by atoms with Crippen LogP contribution >= 0.6 is 0 Å². The SMILES string of the molecule is Cc1ccc(OCc2nnn(C)n2)c([C@H](C)N)c1. The molecule has 18 heavy (non-hydrogen) atoms. The Balaban J connectivity index is 2.13. The molecule has 0 radical (unpaired) electrons. The molecule has 0 aliphatic heterocycles. The zero-order valence-electron chi connectivity index (χ0n) is 10.8. The van der Waals surface area contributed by atoms with Crippen molar-refractivity contribution in [1.82, 2.24) is 20.2 Å². The minimum atomic E-state index is -0.0743. The first kappa shape index (κ1) is 12.5. The van der Waals surface area contributed by atoms with Gasteiger partial charge in [-0.25, -0.2) is 0 Å². The highest BCUT2D eigenvalue weighted by Crippen LogP contribution is 2.25. The first-order valence-electron chi connectivity index (χ1n) is 5.78. The second kappa shape index (κ2) is 5.14. The van der Waals surface area contributed by atoms with Crippen LogP contribution in [0.25, 0.3) is 0 Å². The molecule has 0 amide bonds. The number of ether oxygens (including phenoxy) is 1. The van der Waals surface area contributed by atoms with E-state index in [1.165, 1.54) is 4.80 Å². The Labute approximate surface area is 106 Å². The van der Waals surface area contributed by atoms with Gasteiger partial charge in [-0.1, -0.05) is 17.7 Å². The molecule has 0 aliphatic carbocycles. The summed E-state index contributed by atoms with van der Waals surface area (Å²) in [5.41, 5.74) is 8.07. The highest BCUT2D eigenvalue weighted by molar-refractivity contribution is 5.38. The fourth-order valence-corrected chi connectivity index (χ4v) is 1.68. The third-order valence-electron chi connectivity index (χ3n) is 2.56. The maximum atomic E-state index is 5.93. The molecule has 6 nitrogen and oxygen atoms in total. The zero-order chi connectivity index (χ0) is 13.1. The number of aryl methyl sites for hydroxylation is 2. The van der Waals surface area contributed by atoms with Gasteiger partial charge in [0.15, 0.2) is 6.61 Å². The monoisotopic (exact) mass is 247 g/mol. The second-order valence-electron chi connectivity index (χ2n) is 4.31. The summed E-state index contributed by atoms with van der Waals surface area (Å²) in [7, 11) is 1.72. The third kappa shape index (κ3) is 2.84. The van der Waals surface area contributed by atoms with Gasteiger partial charge in [0.2, 0.25) is 5.82 Å². The van der Waals surface area contributed by atoms with Crippen LogP contribution in [0.1, 0.15) is 29.9 Å². The Hall–Kier alpha value is -1.95. The minimum absolute atomic E-state index is 0.0743. The van der Waals surface area contributed by atoms with Crippen LogP contribution in [0, 0.1) is 6.92 Å². The van der Waals surface area contributed by atoms with Gasteiger partial charge in [0.05, 0.1) is 7.05 Å². The standard InChI is InChI=1S/C12H17N5O/c1-8-4-5-11(10(6-8)9(2)13)18-7-12-14-16-17(3)15-12/h4-6,9H,7,13H2,1-3H3/t9-/m0/s1. The van der Waals surface area contributed by atoms with E-state index in [2.05, 4.69) is 15.4 Å². The van der Waals surface area contributed by atoms with Crippen molar-refractivity contribution in [2.24, 2.45) is 12.8 Å². The highest BCUT2D eigenvalue weighted by Gasteiger charge is 2.10. The first-order valence-corrected chi connectivity index (χ1v) is 5.78. The summed E-state index contributed by atoms with van der Waals surface area (Å²) in [4.78, 5) is 1.40. The lowest BCUT2D eigenvalue weighted by atomic mass is 10.1. The smallest absolute Gasteiger partial charge is 0.212 e. The Morgan fingerprint density at radius 1 is 1.44 bits per heavy atom. The Kier molecular flexibility index (Phi) is 3.57. The van der Waals surface area contributed by atoms with Crippen LogP contribution in [0.2, 0.25) is 0 Å². The second-order valence-corrected chi connectivity index (χ2v) is 4.31. The molecule has 1 aromatic heterocycles. The van der Waals surface area contributed by atoms with Crippen LogP contribution in [0.4, 0.5) is 0 Å². The van der Waals surface area contributed by atoms with Gasteiger partial charge in [-0.15, -0.1) is 10.2 Å². The van der Waals surface area contributed by atoms with Gasteiger partial charge in [0, 0.05) is 11.6 Å². The molecule has 1 atom stereocenters. The molecular weight excluding hydrogens is 230 g/mol. The van der Waals surface area contributed by atoms with E-state index in [9.17, 15) is 0 Å². The van der Waals surface area contributed by atoms with Crippen LogP contribution < -0.4 is 10.5 Å². The predicted molar refractivity (Wildman–Crippen MR) is 66.9 cm³/mol. The number of nitrogens with two attached hydrogens (primary N) is 1. The molecule has 2 rings (SSSR count). The Morgan fingerprint density at radius 3 is 2.83 bits per heavy atom. The molecule has 1 aromatic carbocycles. The van der Waals surface area contributed by atoms with Crippen molar-refractivity contribution in [2.75, 3.05) is 0 Å².